The largest absolute Gasteiger partial charge is 0.419 e. The summed E-state index contributed by atoms with van der Waals surface area (Å²) >= 11 is 0. The molecule has 0 unspecified atom stereocenters. The van der Waals surface area contributed by atoms with Crippen molar-refractivity contribution < 1.29 is 9.53 Å². The third-order valence-electron chi connectivity index (χ3n) is 3.19. The molecular weight excluding hydrogens is 240 g/mol. The molecule has 4 nitrogen and oxygen atoms in total. The van der Waals surface area contributed by atoms with E-state index in [0.717, 1.165) is 17.7 Å². The van der Waals surface area contributed by atoms with Crippen LogP contribution in [0.1, 0.15) is 5.56 Å². The van der Waals surface area contributed by atoms with Gasteiger partial charge in [-0.05, 0) is 30.2 Å². The lowest BCUT2D eigenvalue weighted by molar-refractivity contribution is 0.208. The van der Waals surface area contributed by atoms with Crippen LogP contribution >= 0.6 is 0 Å². The summed E-state index contributed by atoms with van der Waals surface area (Å²) in [7, 11) is 0. The van der Waals surface area contributed by atoms with Gasteiger partial charge in [-0.1, -0.05) is 30.3 Å². The summed E-state index contributed by atoms with van der Waals surface area (Å²) in [5.74, 6) is 0.537. The Bertz CT molecular complexity index is 611. The van der Waals surface area contributed by atoms with Crippen molar-refractivity contribution in [2.24, 2.45) is 0 Å². The minimum atomic E-state index is -0.386. The number of hydrogen-bond acceptors (Lipinski definition) is 3. The van der Waals surface area contributed by atoms with Crippen LogP contribution in [0.2, 0.25) is 0 Å². The number of fused-ring (bicyclic) bond motifs is 1. The minimum absolute atomic E-state index is 0.386. The van der Waals surface area contributed by atoms with E-state index >= 15 is 0 Å². The third kappa shape index (κ3) is 2.12. The van der Waals surface area contributed by atoms with Crippen molar-refractivity contribution in [2.45, 2.75) is 6.42 Å². The fourth-order valence-electron chi connectivity index (χ4n) is 2.31. The van der Waals surface area contributed by atoms with Crippen LogP contribution in [0.5, 0.6) is 5.75 Å². The molecule has 2 N–H and O–H groups in total. The summed E-state index contributed by atoms with van der Waals surface area (Å²) in [6, 6.07) is 14.7. The summed E-state index contributed by atoms with van der Waals surface area (Å²) < 4.78 is 5.34. The van der Waals surface area contributed by atoms with E-state index in [1.54, 1.807) is 23.1 Å². The zero-order valence-corrected chi connectivity index (χ0v) is 10.4. The highest BCUT2D eigenvalue weighted by molar-refractivity contribution is 5.95. The smallest absolute Gasteiger partial charge is 0.410 e. The molecule has 4 heteroatoms. The molecule has 1 amide bonds. The van der Waals surface area contributed by atoms with Crippen molar-refractivity contribution in [3.8, 4) is 5.75 Å². The van der Waals surface area contributed by atoms with E-state index in [1.807, 2.05) is 30.3 Å². The molecule has 0 aromatic heterocycles. The summed E-state index contributed by atoms with van der Waals surface area (Å²) in [6.07, 6.45) is 0.424. The molecule has 2 aromatic carbocycles. The molecule has 0 radical (unpaired) electrons. The molecule has 1 aliphatic heterocycles. The van der Waals surface area contributed by atoms with Gasteiger partial charge in [0.05, 0.1) is 11.4 Å². The Morgan fingerprint density at radius 3 is 2.68 bits per heavy atom. The molecule has 0 spiro atoms. The lowest BCUT2D eigenvalue weighted by Crippen LogP contribution is -2.32. The number of hydrogen-bond donors (Lipinski definition) is 1. The molecule has 0 bridgehead atoms. The topological polar surface area (TPSA) is 55.6 Å². The number of carbonyl (C=O) groups excluding carboxylic acids is 1. The maximum atomic E-state index is 12.2. The Kier molecular flexibility index (Phi) is 2.83. The second-order valence-electron chi connectivity index (χ2n) is 4.44. The molecule has 1 heterocycles. The molecule has 3 rings (SSSR count). The molecule has 0 saturated carbocycles. The highest BCUT2D eigenvalue weighted by Crippen LogP contribution is 2.34. The van der Waals surface area contributed by atoms with Gasteiger partial charge in [-0.3, -0.25) is 4.90 Å². The van der Waals surface area contributed by atoms with E-state index in [1.165, 1.54) is 0 Å². The predicted octanol–water partition coefficient (Wildman–Crippen LogP) is 2.83. The van der Waals surface area contributed by atoms with Crippen LogP contribution in [0.4, 0.5) is 16.2 Å². The molecule has 1 aliphatic rings. The average Bonchev–Trinajstić information content (AvgIpc) is 2.85. The molecule has 96 valence electrons. The van der Waals surface area contributed by atoms with Gasteiger partial charge in [0.25, 0.3) is 0 Å². The molecular formula is C15H14N2O2. The number of rotatable bonds is 1. The fourth-order valence-corrected chi connectivity index (χ4v) is 2.31. The molecule has 0 atom stereocenters. The van der Waals surface area contributed by atoms with Gasteiger partial charge < -0.3 is 10.5 Å². The zero-order valence-electron chi connectivity index (χ0n) is 10.4. The fraction of sp³-hybridized carbons (Fsp3) is 0.133. The number of carbonyl (C=O) groups is 1. The minimum Gasteiger partial charge on any atom is -0.410 e. The van der Waals surface area contributed by atoms with Crippen molar-refractivity contribution in [1.29, 1.82) is 0 Å². The average molecular weight is 254 g/mol. The van der Waals surface area contributed by atoms with Crippen LogP contribution in [0.3, 0.4) is 0 Å². The number of amides is 1. The normalized spacial score (nSPS) is 13.2. The second-order valence-corrected chi connectivity index (χ2v) is 4.44. The highest BCUT2D eigenvalue weighted by atomic mass is 16.6. The Balaban J connectivity index is 1.84. The van der Waals surface area contributed by atoms with Crippen molar-refractivity contribution >= 4 is 17.5 Å². The lowest BCUT2D eigenvalue weighted by atomic mass is 10.1. The Morgan fingerprint density at radius 2 is 1.89 bits per heavy atom. The van der Waals surface area contributed by atoms with Crippen LogP contribution in [-0.4, -0.2) is 12.6 Å². The van der Waals surface area contributed by atoms with Crippen molar-refractivity contribution in [3.63, 3.8) is 0 Å². The van der Waals surface area contributed by atoms with Crippen LogP contribution in [-0.2, 0) is 6.42 Å². The third-order valence-corrected chi connectivity index (χ3v) is 3.19. The first-order chi connectivity index (χ1) is 9.25. The number of nitrogens with zero attached hydrogens (tertiary/aromatic N) is 1. The van der Waals surface area contributed by atoms with Crippen molar-refractivity contribution in [2.75, 3.05) is 17.2 Å². The number of benzene rings is 2. The second kappa shape index (κ2) is 4.65. The summed E-state index contributed by atoms with van der Waals surface area (Å²) in [5.41, 5.74) is 8.42. The van der Waals surface area contributed by atoms with E-state index in [0.29, 0.717) is 18.0 Å². The van der Waals surface area contributed by atoms with E-state index in [4.69, 9.17) is 10.5 Å². The number of anilines is 2. The predicted molar refractivity (Wildman–Crippen MR) is 74.4 cm³/mol. The lowest BCUT2D eigenvalue weighted by Gasteiger charge is -2.18. The van der Waals surface area contributed by atoms with Gasteiger partial charge >= 0.3 is 6.09 Å². The summed E-state index contributed by atoms with van der Waals surface area (Å²) in [5, 5.41) is 0. The zero-order chi connectivity index (χ0) is 13.2. The van der Waals surface area contributed by atoms with E-state index in [2.05, 4.69) is 0 Å². The van der Waals surface area contributed by atoms with Gasteiger partial charge in [0.1, 0.15) is 5.75 Å². The van der Waals surface area contributed by atoms with Gasteiger partial charge in [0.15, 0.2) is 0 Å². The quantitative estimate of drug-likeness (QED) is 0.796. The SMILES string of the molecule is Nc1cccc2c1N(C(=O)Oc1ccccc1)CC2. The summed E-state index contributed by atoms with van der Waals surface area (Å²) in [6.45, 7) is 0.606. The van der Waals surface area contributed by atoms with Crippen LogP contribution in [0.15, 0.2) is 48.5 Å². The molecule has 2 aromatic rings. The van der Waals surface area contributed by atoms with Gasteiger partial charge in [-0.2, -0.15) is 0 Å². The maximum Gasteiger partial charge on any atom is 0.419 e. The van der Waals surface area contributed by atoms with Crippen molar-refractivity contribution in [3.05, 3.63) is 54.1 Å². The molecule has 0 saturated heterocycles. The number of nitrogen functional groups attached to an aromatic ring is 1. The van der Waals surface area contributed by atoms with Crippen LogP contribution in [0.25, 0.3) is 0 Å². The van der Waals surface area contributed by atoms with Gasteiger partial charge in [0.2, 0.25) is 0 Å². The molecule has 19 heavy (non-hydrogen) atoms. The summed E-state index contributed by atoms with van der Waals surface area (Å²) in [4.78, 5) is 13.8. The number of para-hydroxylation sites is 2. The molecule has 0 fully saturated rings. The van der Waals surface area contributed by atoms with Crippen molar-refractivity contribution in [1.82, 2.24) is 0 Å². The van der Waals surface area contributed by atoms with E-state index in [-0.39, 0.29) is 6.09 Å². The first-order valence-electron chi connectivity index (χ1n) is 6.17. The Morgan fingerprint density at radius 1 is 1.11 bits per heavy atom. The van der Waals surface area contributed by atoms with Gasteiger partial charge in [0, 0.05) is 6.54 Å². The van der Waals surface area contributed by atoms with E-state index < -0.39 is 0 Å². The van der Waals surface area contributed by atoms with E-state index in [9.17, 15) is 4.79 Å². The standard InChI is InChI=1S/C15H14N2O2/c16-13-8-4-5-11-9-10-17(14(11)13)15(18)19-12-6-2-1-3-7-12/h1-8H,9-10,16H2. The monoisotopic (exact) mass is 254 g/mol. The van der Waals surface area contributed by atoms with Crippen LogP contribution < -0.4 is 15.4 Å². The van der Waals surface area contributed by atoms with Gasteiger partial charge in [-0.15, -0.1) is 0 Å². The Labute approximate surface area is 111 Å². The maximum absolute atomic E-state index is 12.2. The first kappa shape index (κ1) is 11.6. The Hall–Kier alpha value is -2.49. The highest BCUT2D eigenvalue weighted by Gasteiger charge is 2.27. The van der Waals surface area contributed by atoms with Gasteiger partial charge in [-0.25, -0.2) is 4.79 Å². The first-order valence-corrected chi connectivity index (χ1v) is 6.17. The van der Waals surface area contributed by atoms with Crippen LogP contribution in [0, 0.1) is 0 Å². The number of ether oxygens (including phenoxy) is 1. The number of nitrogens with two attached hydrogens (primary N) is 1. The molecule has 0 aliphatic carbocycles.